The second-order valence-electron chi connectivity index (χ2n) is 5.98. The van der Waals surface area contributed by atoms with Gasteiger partial charge >= 0.3 is 0 Å². The summed E-state index contributed by atoms with van der Waals surface area (Å²) in [5, 5.41) is 8.35. The molecule has 0 unspecified atom stereocenters. The van der Waals surface area contributed by atoms with Crippen molar-refractivity contribution in [1.82, 2.24) is 19.7 Å². The topological polar surface area (TPSA) is 51.0 Å². The van der Waals surface area contributed by atoms with Crippen LogP contribution in [0.4, 0.5) is 0 Å². The van der Waals surface area contributed by atoms with Crippen LogP contribution in [0, 0.1) is 6.92 Å². The van der Waals surface area contributed by atoms with Gasteiger partial charge in [-0.15, -0.1) is 10.2 Å². The molecule has 1 atom stereocenters. The van der Waals surface area contributed by atoms with Crippen molar-refractivity contribution in [3.63, 3.8) is 0 Å². The van der Waals surface area contributed by atoms with Crippen LogP contribution in [0.15, 0.2) is 30.3 Å². The molecule has 116 valence electrons. The Kier molecular flexibility index (Phi) is 4.34. The molecular formula is C17H22N4O. The Bertz CT molecular complexity index is 650. The van der Waals surface area contributed by atoms with E-state index in [0.717, 1.165) is 43.1 Å². The van der Waals surface area contributed by atoms with Crippen LogP contribution in [-0.4, -0.2) is 38.0 Å². The Morgan fingerprint density at radius 3 is 2.73 bits per heavy atom. The van der Waals surface area contributed by atoms with Gasteiger partial charge in [0.25, 0.3) is 0 Å². The molecule has 0 spiro atoms. The number of Topliss-reactive ketones (excluding diaryl/α,β-unsaturated/α-hetero) is 1. The molecule has 1 aromatic heterocycles. The molecule has 0 bridgehead atoms. The molecule has 1 aromatic carbocycles. The molecule has 0 aliphatic carbocycles. The molecular weight excluding hydrogens is 276 g/mol. The van der Waals surface area contributed by atoms with Crippen molar-refractivity contribution in [1.29, 1.82) is 0 Å². The Morgan fingerprint density at radius 2 is 2.05 bits per heavy atom. The fraction of sp³-hybridized carbons (Fsp3) is 0.471. The van der Waals surface area contributed by atoms with Crippen LogP contribution in [0.2, 0.25) is 0 Å². The third kappa shape index (κ3) is 3.09. The van der Waals surface area contributed by atoms with Crippen LogP contribution in [0.1, 0.15) is 41.3 Å². The first-order chi connectivity index (χ1) is 10.6. The lowest BCUT2D eigenvalue weighted by atomic mass is 10.0. The zero-order chi connectivity index (χ0) is 15.5. The van der Waals surface area contributed by atoms with Crippen LogP contribution in [-0.2, 0) is 13.6 Å². The lowest BCUT2D eigenvalue weighted by molar-refractivity contribution is 0.0937. The zero-order valence-electron chi connectivity index (χ0n) is 13.2. The smallest absolute Gasteiger partial charge is 0.164 e. The van der Waals surface area contributed by atoms with E-state index in [0.29, 0.717) is 12.5 Å². The Hall–Kier alpha value is -2.01. The fourth-order valence-corrected chi connectivity index (χ4v) is 3.06. The van der Waals surface area contributed by atoms with Crippen molar-refractivity contribution in [2.45, 2.75) is 38.8 Å². The number of carbonyl (C=O) groups is 1. The first kappa shape index (κ1) is 14.9. The van der Waals surface area contributed by atoms with E-state index < -0.39 is 0 Å². The molecule has 1 aliphatic heterocycles. The molecule has 5 heteroatoms. The van der Waals surface area contributed by atoms with Gasteiger partial charge in [-0.25, -0.2) is 0 Å². The van der Waals surface area contributed by atoms with Gasteiger partial charge in [0.15, 0.2) is 5.78 Å². The van der Waals surface area contributed by atoms with E-state index in [1.807, 2.05) is 48.9 Å². The molecule has 3 rings (SSSR count). The quantitative estimate of drug-likeness (QED) is 0.795. The van der Waals surface area contributed by atoms with E-state index in [1.54, 1.807) is 0 Å². The molecule has 0 N–H and O–H groups in total. The summed E-state index contributed by atoms with van der Waals surface area (Å²) in [5.41, 5.74) is 0.809. The Balaban J connectivity index is 1.66. The van der Waals surface area contributed by atoms with Crippen LogP contribution in [0.25, 0.3) is 0 Å². The molecule has 2 heterocycles. The SMILES string of the molecule is Cc1nnc(CN2CCC[C@H]2CC(=O)c2ccccc2)n1C. The van der Waals surface area contributed by atoms with E-state index in [-0.39, 0.29) is 5.78 Å². The van der Waals surface area contributed by atoms with E-state index in [2.05, 4.69) is 15.1 Å². The Morgan fingerprint density at radius 1 is 1.27 bits per heavy atom. The maximum atomic E-state index is 12.4. The highest BCUT2D eigenvalue weighted by molar-refractivity contribution is 5.96. The number of hydrogen-bond acceptors (Lipinski definition) is 4. The first-order valence-electron chi connectivity index (χ1n) is 7.82. The molecule has 2 aromatic rings. The average Bonchev–Trinajstić information content (AvgIpc) is 3.10. The summed E-state index contributed by atoms with van der Waals surface area (Å²) in [7, 11) is 1.99. The predicted octanol–water partition coefficient (Wildman–Crippen LogP) is 2.36. The van der Waals surface area contributed by atoms with Gasteiger partial charge in [-0.05, 0) is 26.3 Å². The van der Waals surface area contributed by atoms with Crippen molar-refractivity contribution in [3.8, 4) is 0 Å². The van der Waals surface area contributed by atoms with E-state index in [9.17, 15) is 4.79 Å². The van der Waals surface area contributed by atoms with Gasteiger partial charge in [0.1, 0.15) is 11.6 Å². The van der Waals surface area contributed by atoms with Crippen molar-refractivity contribution in [2.24, 2.45) is 7.05 Å². The molecule has 0 saturated carbocycles. The normalized spacial score (nSPS) is 18.7. The lowest BCUT2D eigenvalue weighted by Gasteiger charge is -2.23. The maximum absolute atomic E-state index is 12.4. The number of hydrogen-bond donors (Lipinski definition) is 0. The van der Waals surface area contributed by atoms with Crippen molar-refractivity contribution in [3.05, 3.63) is 47.5 Å². The molecule has 5 nitrogen and oxygen atoms in total. The fourth-order valence-electron chi connectivity index (χ4n) is 3.06. The number of likely N-dealkylation sites (tertiary alicyclic amines) is 1. The molecule has 1 aliphatic rings. The van der Waals surface area contributed by atoms with E-state index in [4.69, 9.17) is 0 Å². The number of rotatable bonds is 5. The number of ketones is 1. The summed E-state index contributed by atoms with van der Waals surface area (Å²) in [4.78, 5) is 14.8. The first-order valence-corrected chi connectivity index (χ1v) is 7.82. The molecule has 22 heavy (non-hydrogen) atoms. The summed E-state index contributed by atoms with van der Waals surface area (Å²) in [6.07, 6.45) is 2.81. The predicted molar refractivity (Wildman–Crippen MR) is 84.6 cm³/mol. The number of aromatic nitrogens is 3. The molecule has 0 amide bonds. The van der Waals surface area contributed by atoms with Gasteiger partial charge in [0.2, 0.25) is 0 Å². The summed E-state index contributed by atoms with van der Waals surface area (Å²) in [6, 6.07) is 9.88. The van der Waals surface area contributed by atoms with Gasteiger partial charge in [-0.3, -0.25) is 9.69 Å². The number of carbonyl (C=O) groups excluding carboxylic acids is 1. The minimum Gasteiger partial charge on any atom is -0.317 e. The lowest BCUT2D eigenvalue weighted by Crippen LogP contribution is -2.32. The second kappa shape index (κ2) is 6.40. The van der Waals surface area contributed by atoms with Crippen molar-refractivity contribution < 1.29 is 4.79 Å². The summed E-state index contributed by atoms with van der Waals surface area (Å²) < 4.78 is 2.02. The number of nitrogens with zero attached hydrogens (tertiary/aromatic N) is 4. The minimum absolute atomic E-state index is 0.228. The summed E-state index contributed by atoms with van der Waals surface area (Å²) >= 11 is 0. The van der Waals surface area contributed by atoms with Crippen molar-refractivity contribution in [2.75, 3.05) is 6.54 Å². The third-order valence-corrected chi connectivity index (χ3v) is 4.54. The molecule has 1 saturated heterocycles. The third-order valence-electron chi connectivity index (χ3n) is 4.54. The monoisotopic (exact) mass is 298 g/mol. The highest BCUT2D eigenvalue weighted by Gasteiger charge is 2.28. The van der Waals surface area contributed by atoms with Gasteiger partial charge in [0, 0.05) is 25.1 Å². The second-order valence-corrected chi connectivity index (χ2v) is 5.98. The highest BCUT2D eigenvalue weighted by Crippen LogP contribution is 2.23. The number of benzene rings is 1. The highest BCUT2D eigenvalue weighted by atomic mass is 16.1. The van der Waals surface area contributed by atoms with Gasteiger partial charge in [-0.2, -0.15) is 0 Å². The van der Waals surface area contributed by atoms with Gasteiger partial charge in [0.05, 0.1) is 6.54 Å². The Labute approximate surface area is 131 Å². The summed E-state index contributed by atoms with van der Waals surface area (Å²) in [6.45, 7) is 3.75. The average molecular weight is 298 g/mol. The summed E-state index contributed by atoms with van der Waals surface area (Å²) in [5.74, 6) is 2.12. The standard InChI is InChI=1S/C17H22N4O/c1-13-18-19-17(20(13)2)12-21-10-6-9-15(21)11-16(22)14-7-4-3-5-8-14/h3-5,7-8,15H,6,9-12H2,1-2H3/t15-/m0/s1. The molecule has 0 radical (unpaired) electrons. The zero-order valence-corrected chi connectivity index (χ0v) is 13.2. The van der Waals surface area contributed by atoms with Gasteiger partial charge < -0.3 is 4.57 Å². The van der Waals surface area contributed by atoms with Crippen molar-refractivity contribution >= 4 is 5.78 Å². The minimum atomic E-state index is 0.228. The maximum Gasteiger partial charge on any atom is 0.164 e. The largest absolute Gasteiger partial charge is 0.317 e. The van der Waals surface area contributed by atoms with Crippen LogP contribution >= 0.6 is 0 Å². The van der Waals surface area contributed by atoms with Crippen LogP contribution in [0.5, 0.6) is 0 Å². The van der Waals surface area contributed by atoms with Gasteiger partial charge in [-0.1, -0.05) is 30.3 Å². The number of aryl methyl sites for hydroxylation is 1. The van der Waals surface area contributed by atoms with Crippen LogP contribution < -0.4 is 0 Å². The van der Waals surface area contributed by atoms with Crippen LogP contribution in [0.3, 0.4) is 0 Å². The van der Waals surface area contributed by atoms with E-state index >= 15 is 0 Å². The molecule has 1 fully saturated rings. The van der Waals surface area contributed by atoms with E-state index in [1.165, 1.54) is 0 Å².